The van der Waals surface area contributed by atoms with Crippen molar-refractivity contribution in [2.45, 2.75) is 19.3 Å². The fourth-order valence-electron chi connectivity index (χ4n) is 1.59. The van der Waals surface area contributed by atoms with Gasteiger partial charge in [-0.25, -0.2) is 0 Å². The maximum atomic E-state index is 12.4. The van der Waals surface area contributed by atoms with E-state index in [2.05, 4.69) is 21.2 Å². The highest BCUT2D eigenvalue weighted by Gasteiger charge is 2.29. The van der Waals surface area contributed by atoms with Crippen molar-refractivity contribution in [3.63, 3.8) is 0 Å². The molecule has 1 nitrogen and oxygen atoms in total. The number of benzene rings is 1. The van der Waals surface area contributed by atoms with Crippen molar-refractivity contribution in [1.29, 1.82) is 0 Å². The van der Waals surface area contributed by atoms with Gasteiger partial charge in [-0.3, -0.25) is 0 Å². The van der Waals surface area contributed by atoms with Crippen LogP contribution in [-0.2, 0) is 19.3 Å². The number of thiophene rings is 1. The number of alkyl halides is 3. The second kappa shape index (κ2) is 6.07. The first-order valence-corrected chi connectivity index (χ1v) is 7.22. The lowest BCUT2D eigenvalue weighted by atomic mass is 10.1. The molecule has 0 aliphatic carbocycles. The SMILES string of the molecule is FC(F)(F)c1ccc(CNCc2cc(Br)cs2)cc1. The van der Waals surface area contributed by atoms with Crippen molar-refractivity contribution in [2.24, 2.45) is 0 Å². The average Bonchev–Trinajstić information content (AvgIpc) is 2.75. The van der Waals surface area contributed by atoms with Gasteiger partial charge in [-0.15, -0.1) is 11.3 Å². The van der Waals surface area contributed by atoms with Gasteiger partial charge in [-0.05, 0) is 39.7 Å². The first-order chi connectivity index (χ1) is 8.95. The lowest BCUT2D eigenvalue weighted by Crippen LogP contribution is -2.12. The molecule has 6 heteroatoms. The molecule has 1 aromatic carbocycles. The minimum absolute atomic E-state index is 0.549. The Morgan fingerprint density at radius 1 is 1.11 bits per heavy atom. The number of halogens is 4. The van der Waals surface area contributed by atoms with Crippen LogP contribution in [0.3, 0.4) is 0 Å². The van der Waals surface area contributed by atoms with E-state index in [4.69, 9.17) is 0 Å². The summed E-state index contributed by atoms with van der Waals surface area (Å²) >= 11 is 5.00. The van der Waals surface area contributed by atoms with Crippen molar-refractivity contribution in [3.8, 4) is 0 Å². The molecule has 0 fully saturated rings. The molecule has 2 aromatic rings. The molecular weight excluding hydrogens is 339 g/mol. The van der Waals surface area contributed by atoms with Crippen molar-refractivity contribution >= 4 is 27.3 Å². The maximum Gasteiger partial charge on any atom is 0.416 e. The molecule has 0 aliphatic rings. The monoisotopic (exact) mass is 349 g/mol. The minimum atomic E-state index is -4.27. The van der Waals surface area contributed by atoms with Gasteiger partial charge in [-0.1, -0.05) is 12.1 Å². The Morgan fingerprint density at radius 2 is 1.79 bits per heavy atom. The van der Waals surface area contributed by atoms with Crippen LogP contribution in [0.25, 0.3) is 0 Å². The first kappa shape index (κ1) is 14.6. The largest absolute Gasteiger partial charge is 0.416 e. The van der Waals surface area contributed by atoms with E-state index in [0.717, 1.165) is 22.2 Å². The van der Waals surface area contributed by atoms with E-state index in [1.54, 1.807) is 11.3 Å². The fraction of sp³-hybridized carbons (Fsp3) is 0.231. The summed E-state index contributed by atoms with van der Waals surface area (Å²) in [7, 11) is 0. The Hall–Kier alpha value is -0.850. The number of hydrogen-bond donors (Lipinski definition) is 1. The number of nitrogens with one attached hydrogen (secondary N) is 1. The van der Waals surface area contributed by atoms with Crippen molar-refractivity contribution in [1.82, 2.24) is 5.32 Å². The van der Waals surface area contributed by atoms with E-state index in [1.165, 1.54) is 17.0 Å². The van der Waals surface area contributed by atoms with E-state index in [9.17, 15) is 13.2 Å². The summed E-state index contributed by atoms with van der Waals surface area (Å²) in [6.45, 7) is 1.25. The zero-order chi connectivity index (χ0) is 13.9. The third-order valence-corrected chi connectivity index (χ3v) is 4.23. The summed E-state index contributed by atoms with van der Waals surface area (Å²) in [6.07, 6.45) is -4.27. The van der Waals surface area contributed by atoms with Crippen LogP contribution >= 0.6 is 27.3 Å². The molecule has 0 bridgehead atoms. The highest BCUT2D eigenvalue weighted by atomic mass is 79.9. The normalized spacial score (nSPS) is 11.8. The average molecular weight is 350 g/mol. The van der Waals surface area contributed by atoms with E-state index >= 15 is 0 Å². The van der Waals surface area contributed by atoms with Gasteiger partial charge in [-0.2, -0.15) is 13.2 Å². The van der Waals surface area contributed by atoms with Crippen LogP contribution in [0.5, 0.6) is 0 Å². The summed E-state index contributed by atoms with van der Waals surface area (Å²) in [5.41, 5.74) is 0.224. The fourth-order valence-corrected chi connectivity index (χ4v) is 3.01. The molecule has 19 heavy (non-hydrogen) atoms. The molecule has 1 N–H and O–H groups in total. The molecule has 0 saturated carbocycles. The van der Waals surface area contributed by atoms with Crippen LogP contribution in [0.15, 0.2) is 40.2 Å². The molecule has 102 valence electrons. The standard InChI is InChI=1S/C13H11BrF3NS/c14-11-5-12(19-8-11)7-18-6-9-1-3-10(4-2-9)13(15,16)17/h1-5,8,18H,6-7H2. The van der Waals surface area contributed by atoms with Crippen molar-refractivity contribution in [3.05, 3.63) is 56.2 Å². The molecule has 0 aliphatic heterocycles. The second-order valence-corrected chi connectivity index (χ2v) is 5.94. The lowest BCUT2D eigenvalue weighted by Gasteiger charge is -2.08. The molecule has 0 spiro atoms. The van der Waals surface area contributed by atoms with Crippen LogP contribution in [0.1, 0.15) is 16.0 Å². The Labute approximate surface area is 121 Å². The Balaban J connectivity index is 1.86. The first-order valence-electron chi connectivity index (χ1n) is 5.55. The molecule has 0 amide bonds. The topological polar surface area (TPSA) is 12.0 Å². The minimum Gasteiger partial charge on any atom is -0.308 e. The van der Waals surface area contributed by atoms with Gasteiger partial charge in [0.25, 0.3) is 0 Å². The molecule has 2 rings (SSSR count). The quantitative estimate of drug-likeness (QED) is 0.834. The molecule has 0 saturated heterocycles. The summed E-state index contributed by atoms with van der Waals surface area (Å²) < 4.78 is 38.2. The van der Waals surface area contributed by atoms with Gasteiger partial charge >= 0.3 is 6.18 Å². The van der Waals surface area contributed by atoms with E-state index in [1.807, 2.05) is 11.4 Å². The molecule has 1 heterocycles. The lowest BCUT2D eigenvalue weighted by molar-refractivity contribution is -0.137. The third-order valence-electron chi connectivity index (χ3n) is 2.53. The van der Waals surface area contributed by atoms with E-state index in [0.29, 0.717) is 13.1 Å². The number of hydrogen-bond acceptors (Lipinski definition) is 2. The van der Waals surface area contributed by atoms with E-state index < -0.39 is 11.7 Å². The molecule has 0 atom stereocenters. The highest BCUT2D eigenvalue weighted by molar-refractivity contribution is 9.10. The summed E-state index contributed by atoms with van der Waals surface area (Å²) in [6, 6.07) is 7.24. The van der Waals surface area contributed by atoms with Crippen LogP contribution < -0.4 is 5.32 Å². The number of rotatable bonds is 4. The van der Waals surface area contributed by atoms with Gasteiger partial charge in [0, 0.05) is 27.8 Å². The predicted molar refractivity (Wildman–Crippen MR) is 74.0 cm³/mol. The zero-order valence-electron chi connectivity index (χ0n) is 9.80. The van der Waals surface area contributed by atoms with Gasteiger partial charge in [0.1, 0.15) is 0 Å². The smallest absolute Gasteiger partial charge is 0.308 e. The van der Waals surface area contributed by atoms with Gasteiger partial charge < -0.3 is 5.32 Å². The van der Waals surface area contributed by atoms with Crippen LogP contribution in [0, 0.1) is 0 Å². The maximum absolute atomic E-state index is 12.4. The molecule has 1 aromatic heterocycles. The summed E-state index contributed by atoms with van der Waals surface area (Å²) in [5.74, 6) is 0. The highest BCUT2D eigenvalue weighted by Crippen LogP contribution is 2.29. The summed E-state index contributed by atoms with van der Waals surface area (Å²) in [4.78, 5) is 1.18. The zero-order valence-corrected chi connectivity index (χ0v) is 12.2. The summed E-state index contributed by atoms with van der Waals surface area (Å²) in [5, 5.41) is 5.19. The van der Waals surface area contributed by atoms with Crippen molar-refractivity contribution in [2.75, 3.05) is 0 Å². The predicted octanol–water partition coefficient (Wildman–Crippen LogP) is 4.82. The van der Waals surface area contributed by atoms with Gasteiger partial charge in [0.2, 0.25) is 0 Å². The van der Waals surface area contributed by atoms with Crippen LogP contribution in [0.4, 0.5) is 13.2 Å². The Morgan fingerprint density at radius 3 is 2.32 bits per heavy atom. The van der Waals surface area contributed by atoms with Crippen molar-refractivity contribution < 1.29 is 13.2 Å². The molecule has 0 radical (unpaired) electrons. The van der Waals surface area contributed by atoms with Crippen LogP contribution in [0.2, 0.25) is 0 Å². The molecular formula is C13H11BrF3NS. The Kier molecular flexibility index (Phi) is 4.65. The van der Waals surface area contributed by atoms with Gasteiger partial charge in [0.05, 0.1) is 5.56 Å². The second-order valence-electron chi connectivity index (χ2n) is 4.03. The Bertz CT molecular complexity index is 534. The van der Waals surface area contributed by atoms with Gasteiger partial charge in [0.15, 0.2) is 0 Å². The van der Waals surface area contributed by atoms with E-state index in [-0.39, 0.29) is 0 Å². The van der Waals surface area contributed by atoms with Crippen LogP contribution in [-0.4, -0.2) is 0 Å². The molecule has 0 unspecified atom stereocenters. The third kappa shape index (κ3) is 4.33.